The van der Waals surface area contributed by atoms with Crippen LogP contribution in [0.4, 0.5) is 11.6 Å². The van der Waals surface area contributed by atoms with Gasteiger partial charge >= 0.3 is 0 Å². The molecule has 2 aromatic carbocycles. The van der Waals surface area contributed by atoms with Crippen molar-refractivity contribution in [1.82, 2.24) is 9.97 Å². The van der Waals surface area contributed by atoms with E-state index in [1.165, 1.54) is 0 Å². The molecule has 0 bridgehead atoms. The maximum atomic E-state index is 6.59. The van der Waals surface area contributed by atoms with Gasteiger partial charge in [0.2, 0.25) is 0 Å². The number of benzene rings is 2. The number of rotatable bonds is 6. The fourth-order valence-electron chi connectivity index (χ4n) is 4.70. The average Bonchev–Trinajstić information content (AvgIpc) is 2.85. The number of fused-ring (bicyclic) bond motifs is 2. The Hall–Kier alpha value is -2.96. The van der Waals surface area contributed by atoms with E-state index in [1.807, 2.05) is 48.5 Å². The van der Waals surface area contributed by atoms with Crippen LogP contribution in [-0.2, 0) is 0 Å². The molecule has 0 saturated heterocycles. The number of ether oxygens (including phenoxy) is 2. The Bertz CT molecular complexity index is 1240. The van der Waals surface area contributed by atoms with Crippen molar-refractivity contribution in [2.45, 2.75) is 37.8 Å². The van der Waals surface area contributed by atoms with E-state index >= 15 is 0 Å². The first kappa shape index (κ1) is 22.8. The van der Waals surface area contributed by atoms with Gasteiger partial charge in [-0.15, -0.1) is 0 Å². The van der Waals surface area contributed by atoms with E-state index in [0.29, 0.717) is 21.5 Å². The van der Waals surface area contributed by atoms with Crippen LogP contribution in [0.5, 0.6) is 11.5 Å². The fraction of sp³-hybridized carbons (Fsp3) is 0.308. The number of halogens is 2. The Balaban J connectivity index is 1.43. The minimum Gasteiger partial charge on any atom is -0.494 e. The van der Waals surface area contributed by atoms with E-state index in [1.54, 1.807) is 14.2 Å². The SMILES string of the molecule is COc1cccc2c(Cl)cc(N[C@@H]3CCCC[C@H]3Nc3cc(Cl)c4cccc(OC)c4n3)nc12. The molecule has 2 atom stereocenters. The monoisotopic (exact) mass is 496 g/mol. The van der Waals surface area contributed by atoms with Crippen LogP contribution in [0.2, 0.25) is 10.0 Å². The van der Waals surface area contributed by atoms with Gasteiger partial charge in [-0.2, -0.15) is 0 Å². The lowest BCUT2D eigenvalue weighted by molar-refractivity contribution is 0.417. The molecule has 34 heavy (non-hydrogen) atoms. The number of aromatic nitrogens is 2. The first-order valence-electron chi connectivity index (χ1n) is 11.4. The zero-order valence-corrected chi connectivity index (χ0v) is 20.6. The second-order valence-electron chi connectivity index (χ2n) is 8.48. The summed E-state index contributed by atoms with van der Waals surface area (Å²) in [6.45, 7) is 0. The molecule has 0 amide bonds. The van der Waals surface area contributed by atoms with Gasteiger partial charge in [0, 0.05) is 22.9 Å². The molecule has 0 aliphatic heterocycles. The van der Waals surface area contributed by atoms with Crippen molar-refractivity contribution in [3.63, 3.8) is 0 Å². The second kappa shape index (κ2) is 9.72. The molecular weight excluding hydrogens is 471 g/mol. The van der Waals surface area contributed by atoms with Gasteiger partial charge in [-0.25, -0.2) is 9.97 Å². The lowest BCUT2D eigenvalue weighted by atomic mass is 9.90. The molecule has 1 aliphatic rings. The highest BCUT2D eigenvalue weighted by atomic mass is 35.5. The largest absolute Gasteiger partial charge is 0.494 e. The van der Waals surface area contributed by atoms with Crippen molar-refractivity contribution in [3.05, 3.63) is 58.6 Å². The summed E-state index contributed by atoms with van der Waals surface area (Å²) in [6, 6.07) is 15.6. The van der Waals surface area contributed by atoms with Crippen molar-refractivity contribution in [2.75, 3.05) is 24.9 Å². The number of methoxy groups -OCH3 is 2. The fourth-order valence-corrected chi connectivity index (χ4v) is 5.21. The first-order chi connectivity index (χ1) is 16.6. The molecule has 1 fully saturated rings. The summed E-state index contributed by atoms with van der Waals surface area (Å²) in [5.74, 6) is 2.86. The van der Waals surface area contributed by atoms with Gasteiger partial charge in [0.1, 0.15) is 34.2 Å². The van der Waals surface area contributed by atoms with Crippen molar-refractivity contribution in [2.24, 2.45) is 0 Å². The molecule has 0 radical (unpaired) electrons. The Kier molecular flexibility index (Phi) is 6.53. The van der Waals surface area contributed by atoms with Crippen LogP contribution in [0.25, 0.3) is 21.8 Å². The average molecular weight is 497 g/mol. The third-order valence-electron chi connectivity index (χ3n) is 6.38. The molecule has 4 aromatic rings. The number of nitrogens with one attached hydrogen (secondary N) is 2. The molecule has 6 nitrogen and oxygen atoms in total. The van der Waals surface area contributed by atoms with E-state index in [4.69, 9.17) is 42.6 Å². The summed E-state index contributed by atoms with van der Waals surface area (Å²) in [5.41, 5.74) is 1.49. The van der Waals surface area contributed by atoms with E-state index < -0.39 is 0 Å². The summed E-state index contributed by atoms with van der Waals surface area (Å²) in [6.07, 6.45) is 4.29. The van der Waals surface area contributed by atoms with Crippen molar-refractivity contribution >= 4 is 56.6 Å². The van der Waals surface area contributed by atoms with Gasteiger partial charge in [-0.05, 0) is 37.1 Å². The van der Waals surface area contributed by atoms with Crippen molar-refractivity contribution in [1.29, 1.82) is 0 Å². The van der Waals surface area contributed by atoms with Gasteiger partial charge in [0.15, 0.2) is 0 Å². The molecular formula is C26H26Cl2N4O2. The minimum atomic E-state index is 0.151. The Morgan fingerprint density at radius 1 is 0.735 bits per heavy atom. The first-order valence-corrected chi connectivity index (χ1v) is 12.1. The van der Waals surface area contributed by atoms with Crippen LogP contribution in [0.3, 0.4) is 0 Å². The highest BCUT2D eigenvalue weighted by Crippen LogP contribution is 2.34. The standard InChI is InChI=1S/C26H26Cl2N4O2/c1-33-21-11-5-7-15-17(27)13-23(31-25(15)21)29-19-9-3-4-10-20(19)30-24-14-18(28)16-8-6-12-22(34-2)26(16)32-24/h5-8,11-14,19-20H,3-4,9-10H2,1-2H3,(H,29,31)(H,30,32)/t19-,20-/m1/s1. The van der Waals surface area contributed by atoms with E-state index in [2.05, 4.69) is 10.6 Å². The van der Waals surface area contributed by atoms with Crippen molar-refractivity contribution in [3.8, 4) is 11.5 Å². The van der Waals surface area contributed by atoms with Gasteiger partial charge in [0.25, 0.3) is 0 Å². The van der Waals surface area contributed by atoms with Crippen LogP contribution >= 0.6 is 23.2 Å². The maximum Gasteiger partial charge on any atom is 0.145 e. The number of hydrogen-bond acceptors (Lipinski definition) is 6. The zero-order valence-electron chi connectivity index (χ0n) is 19.1. The highest BCUT2D eigenvalue weighted by Gasteiger charge is 2.26. The zero-order chi connectivity index (χ0) is 23.7. The molecule has 176 valence electrons. The molecule has 2 heterocycles. The Morgan fingerprint density at radius 2 is 1.18 bits per heavy atom. The summed E-state index contributed by atoms with van der Waals surface area (Å²) >= 11 is 13.2. The van der Waals surface area contributed by atoms with Gasteiger partial charge in [-0.1, -0.05) is 60.3 Å². The number of para-hydroxylation sites is 2. The van der Waals surface area contributed by atoms with Crippen LogP contribution in [0, 0.1) is 0 Å². The van der Waals surface area contributed by atoms with E-state index in [0.717, 1.165) is 59.1 Å². The predicted molar refractivity (Wildman–Crippen MR) is 140 cm³/mol. The minimum absolute atomic E-state index is 0.151. The Labute approximate surface area is 208 Å². The van der Waals surface area contributed by atoms with Crippen LogP contribution in [0.1, 0.15) is 25.7 Å². The summed E-state index contributed by atoms with van der Waals surface area (Å²) in [7, 11) is 3.28. The van der Waals surface area contributed by atoms with Crippen LogP contribution in [0.15, 0.2) is 48.5 Å². The predicted octanol–water partition coefficient (Wildman–Crippen LogP) is 6.94. The number of hydrogen-bond donors (Lipinski definition) is 2. The number of anilines is 2. The molecule has 1 saturated carbocycles. The van der Waals surface area contributed by atoms with Gasteiger partial charge in [0.05, 0.1) is 24.3 Å². The lowest BCUT2D eigenvalue weighted by Gasteiger charge is -2.33. The summed E-state index contributed by atoms with van der Waals surface area (Å²) in [5, 5.41) is 10.2. The quantitative estimate of drug-likeness (QED) is 0.301. The number of pyridine rings is 2. The third kappa shape index (κ3) is 4.40. The van der Waals surface area contributed by atoms with E-state index in [-0.39, 0.29) is 12.1 Å². The van der Waals surface area contributed by atoms with Gasteiger partial charge < -0.3 is 20.1 Å². The molecule has 2 N–H and O–H groups in total. The molecule has 5 rings (SSSR count). The molecule has 0 spiro atoms. The maximum absolute atomic E-state index is 6.59. The van der Waals surface area contributed by atoms with Crippen molar-refractivity contribution < 1.29 is 9.47 Å². The van der Waals surface area contributed by atoms with Crippen LogP contribution < -0.4 is 20.1 Å². The normalized spacial score (nSPS) is 18.1. The number of nitrogens with zero attached hydrogens (tertiary/aromatic N) is 2. The van der Waals surface area contributed by atoms with E-state index in [9.17, 15) is 0 Å². The summed E-state index contributed by atoms with van der Waals surface area (Å²) < 4.78 is 11.0. The smallest absolute Gasteiger partial charge is 0.145 e. The van der Waals surface area contributed by atoms with Crippen LogP contribution in [-0.4, -0.2) is 36.3 Å². The third-order valence-corrected chi connectivity index (χ3v) is 7.00. The lowest BCUT2D eigenvalue weighted by Crippen LogP contribution is -2.42. The summed E-state index contributed by atoms with van der Waals surface area (Å²) in [4.78, 5) is 9.64. The van der Waals surface area contributed by atoms with Gasteiger partial charge in [-0.3, -0.25) is 0 Å². The topological polar surface area (TPSA) is 68.3 Å². The molecule has 1 aliphatic carbocycles. The second-order valence-corrected chi connectivity index (χ2v) is 9.29. The molecule has 8 heteroatoms. The molecule has 2 aromatic heterocycles. The highest BCUT2D eigenvalue weighted by molar-refractivity contribution is 6.36. The Morgan fingerprint density at radius 3 is 1.59 bits per heavy atom. The molecule has 0 unspecified atom stereocenters.